The second-order valence-electron chi connectivity index (χ2n) is 5.91. The Morgan fingerprint density at radius 3 is 2.35 bits per heavy atom. The summed E-state index contributed by atoms with van der Waals surface area (Å²) < 4.78 is 27.0. The van der Waals surface area contributed by atoms with Crippen LogP contribution in [-0.2, 0) is 10.0 Å². The van der Waals surface area contributed by atoms with E-state index in [4.69, 9.17) is 11.6 Å². The number of halogens is 1. The molecule has 0 N–H and O–H groups in total. The maximum absolute atomic E-state index is 12.7. The van der Waals surface area contributed by atoms with Crippen molar-refractivity contribution in [1.29, 1.82) is 0 Å². The molecule has 0 amide bonds. The Labute approximate surface area is 126 Å². The van der Waals surface area contributed by atoms with E-state index in [2.05, 4.69) is 0 Å². The zero-order valence-corrected chi connectivity index (χ0v) is 13.0. The van der Waals surface area contributed by atoms with Crippen molar-refractivity contribution in [3.05, 3.63) is 29.3 Å². The highest BCUT2D eigenvalue weighted by Gasteiger charge is 2.36. The molecule has 110 valence electrons. The molecule has 1 aromatic carbocycles. The first-order valence-electron chi connectivity index (χ1n) is 7.33. The normalized spacial score (nSPS) is 28.1. The number of piperidine rings is 1. The summed E-state index contributed by atoms with van der Waals surface area (Å²) in [4.78, 5) is 0.358. The van der Waals surface area contributed by atoms with Crippen LogP contribution < -0.4 is 0 Å². The molecule has 1 aliphatic carbocycles. The second-order valence-corrected chi connectivity index (χ2v) is 8.28. The smallest absolute Gasteiger partial charge is 0.207 e. The van der Waals surface area contributed by atoms with Gasteiger partial charge in [-0.15, -0.1) is 0 Å². The molecule has 0 spiro atoms. The van der Waals surface area contributed by atoms with Gasteiger partial charge in [-0.25, -0.2) is 8.42 Å². The van der Waals surface area contributed by atoms with Gasteiger partial charge in [0.1, 0.15) is 0 Å². The van der Waals surface area contributed by atoms with E-state index < -0.39 is 10.0 Å². The Morgan fingerprint density at radius 2 is 1.65 bits per heavy atom. The summed E-state index contributed by atoms with van der Waals surface area (Å²) in [6.45, 7) is 1.35. The molecule has 2 atom stereocenters. The molecule has 1 aromatic rings. The zero-order valence-electron chi connectivity index (χ0n) is 11.5. The molecule has 1 heterocycles. The third-order valence-corrected chi connectivity index (χ3v) is 6.84. The van der Waals surface area contributed by atoms with Gasteiger partial charge in [-0.1, -0.05) is 30.9 Å². The van der Waals surface area contributed by atoms with Gasteiger partial charge in [-0.05, 0) is 48.9 Å². The number of sulfonamides is 1. The molecule has 1 saturated carbocycles. The van der Waals surface area contributed by atoms with E-state index in [0.717, 1.165) is 12.3 Å². The van der Waals surface area contributed by atoms with Gasteiger partial charge in [0, 0.05) is 18.1 Å². The van der Waals surface area contributed by atoms with Crippen molar-refractivity contribution in [1.82, 2.24) is 4.31 Å². The molecule has 2 aliphatic rings. The molecule has 2 fully saturated rings. The van der Waals surface area contributed by atoms with Gasteiger partial charge in [0.05, 0.1) is 4.90 Å². The van der Waals surface area contributed by atoms with Crippen molar-refractivity contribution in [2.45, 2.75) is 37.0 Å². The van der Waals surface area contributed by atoms with Crippen LogP contribution in [0.15, 0.2) is 29.2 Å². The van der Waals surface area contributed by atoms with Crippen molar-refractivity contribution < 1.29 is 8.42 Å². The van der Waals surface area contributed by atoms with Gasteiger partial charge in [0.25, 0.3) is 0 Å². The molecule has 0 bridgehead atoms. The summed E-state index contributed by atoms with van der Waals surface area (Å²) in [6, 6.07) is 6.48. The van der Waals surface area contributed by atoms with Crippen LogP contribution in [-0.4, -0.2) is 25.8 Å². The first kappa shape index (κ1) is 14.4. The van der Waals surface area contributed by atoms with Crippen LogP contribution in [0.5, 0.6) is 0 Å². The summed E-state index contributed by atoms with van der Waals surface area (Å²) >= 11 is 5.83. The first-order chi connectivity index (χ1) is 9.57. The molecule has 0 aromatic heterocycles. The van der Waals surface area contributed by atoms with Crippen LogP contribution in [0.2, 0.25) is 5.02 Å². The van der Waals surface area contributed by atoms with E-state index in [1.54, 1.807) is 28.6 Å². The van der Waals surface area contributed by atoms with Crippen molar-refractivity contribution >= 4 is 21.6 Å². The van der Waals surface area contributed by atoms with E-state index in [1.165, 1.54) is 25.7 Å². The zero-order chi connectivity index (χ0) is 14.2. The maximum atomic E-state index is 12.7. The van der Waals surface area contributed by atoms with Crippen LogP contribution >= 0.6 is 11.6 Å². The number of hydrogen-bond acceptors (Lipinski definition) is 2. The summed E-state index contributed by atoms with van der Waals surface area (Å²) in [6.07, 6.45) is 6.02. The van der Waals surface area contributed by atoms with E-state index in [-0.39, 0.29) is 0 Å². The Morgan fingerprint density at radius 1 is 1.00 bits per heavy atom. The molecule has 5 heteroatoms. The number of rotatable bonds is 2. The molecule has 3 rings (SSSR count). The van der Waals surface area contributed by atoms with Gasteiger partial charge >= 0.3 is 0 Å². The summed E-state index contributed by atoms with van der Waals surface area (Å²) in [7, 11) is -3.35. The summed E-state index contributed by atoms with van der Waals surface area (Å²) in [5.41, 5.74) is 0. The van der Waals surface area contributed by atoms with Crippen LogP contribution in [0.3, 0.4) is 0 Å². The fraction of sp³-hybridized carbons (Fsp3) is 0.600. The summed E-state index contributed by atoms with van der Waals surface area (Å²) in [5, 5.41) is 0.565. The number of hydrogen-bond donors (Lipinski definition) is 0. The number of benzene rings is 1. The second kappa shape index (κ2) is 5.66. The quantitative estimate of drug-likeness (QED) is 0.837. The molecule has 3 nitrogen and oxygen atoms in total. The lowest BCUT2D eigenvalue weighted by Gasteiger charge is -2.40. The monoisotopic (exact) mass is 313 g/mol. The van der Waals surface area contributed by atoms with Crippen molar-refractivity contribution in [2.75, 3.05) is 13.1 Å². The van der Waals surface area contributed by atoms with Crippen molar-refractivity contribution in [3.63, 3.8) is 0 Å². The predicted octanol–water partition coefficient (Wildman–Crippen LogP) is 3.54. The molecule has 0 radical (unpaired) electrons. The predicted molar refractivity (Wildman–Crippen MR) is 80.3 cm³/mol. The fourth-order valence-corrected chi connectivity index (χ4v) is 5.18. The highest BCUT2D eigenvalue weighted by molar-refractivity contribution is 7.89. The average Bonchev–Trinajstić information content (AvgIpc) is 2.47. The average molecular weight is 314 g/mol. The SMILES string of the molecule is O=S(=O)(c1ccc(Cl)cc1)N1CC[C@@H]2CCCC[C@@H]2C1. The molecular weight excluding hydrogens is 294 g/mol. The Bertz CT molecular complexity index is 570. The van der Waals surface area contributed by atoms with Crippen LogP contribution in [0.1, 0.15) is 32.1 Å². The first-order valence-corrected chi connectivity index (χ1v) is 9.15. The number of nitrogens with zero attached hydrogens (tertiary/aromatic N) is 1. The molecule has 1 saturated heterocycles. The van der Waals surface area contributed by atoms with Crippen LogP contribution in [0.4, 0.5) is 0 Å². The fourth-order valence-electron chi connectivity index (χ4n) is 3.54. The van der Waals surface area contributed by atoms with Gasteiger partial charge in [0.15, 0.2) is 0 Å². The Hall–Kier alpha value is -0.580. The molecule has 1 aliphatic heterocycles. The molecular formula is C15H20ClNO2S. The van der Waals surface area contributed by atoms with Crippen molar-refractivity contribution in [2.24, 2.45) is 11.8 Å². The van der Waals surface area contributed by atoms with Crippen molar-refractivity contribution in [3.8, 4) is 0 Å². The van der Waals surface area contributed by atoms with E-state index in [1.807, 2.05) is 0 Å². The highest BCUT2D eigenvalue weighted by atomic mass is 35.5. The van der Waals surface area contributed by atoms with E-state index in [9.17, 15) is 8.42 Å². The third-order valence-electron chi connectivity index (χ3n) is 4.71. The summed E-state index contributed by atoms with van der Waals surface area (Å²) in [5.74, 6) is 1.29. The Balaban J connectivity index is 1.79. The largest absolute Gasteiger partial charge is 0.243 e. The van der Waals surface area contributed by atoms with Crippen LogP contribution in [0.25, 0.3) is 0 Å². The minimum Gasteiger partial charge on any atom is -0.207 e. The van der Waals surface area contributed by atoms with Crippen LogP contribution in [0, 0.1) is 11.8 Å². The molecule has 0 unspecified atom stereocenters. The van der Waals surface area contributed by atoms with E-state index in [0.29, 0.717) is 28.9 Å². The van der Waals surface area contributed by atoms with Gasteiger partial charge in [0.2, 0.25) is 10.0 Å². The highest BCUT2D eigenvalue weighted by Crippen LogP contribution is 2.37. The van der Waals surface area contributed by atoms with Gasteiger partial charge in [-0.3, -0.25) is 0 Å². The lowest BCUT2D eigenvalue weighted by molar-refractivity contribution is 0.136. The number of fused-ring (bicyclic) bond motifs is 1. The maximum Gasteiger partial charge on any atom is 0.243 e. The lowest BCUT2D eigenvalue weighted by atomic mass is 9.76. The van der Waals surface area contributed by atoms with Gasteiger partial charge < -0.3 is 0 Å². The minimum atomic E-state index is -3.35. The lowest BCUT2D eigenvalue weighted by Crippen LogP contribution is -2.44. The Kier molecular flexibility index (Phi) is 4.07. The molecule has 20 heavy (non-hydrogen) atoms. The van der Waals surface area contributed by atoms with E-state index >= 15 is 0 Å². The minimum absolute atomic E-state index is 0.358. The standard InChI is InChI=1S/C15H20ClNO2S/c16-14-5-7-15(8-6-14)20(18,19)17-10-9-12-3-1-2-4-13(12)11-17/h5-8,12-13H,1-4,9-11H2/t12-,13+/m0/s1. The van der Waals surface area contributed by atoms with Gasteiger partial charge in [-0.2, -0.15) is 4.31 Å². The topological polar surface area (TPSA) is 37.4 Å². The third kappa shape index (κ3) is 2.74.